The summed E-state index contributed by atoms with van der Waals surface area (Å²) in [6.07, 6.45) is 2.04. The number of ether oxygens (including phenoxy) is 1. The van der Waals surface area contributed by atoms with Crippen LogP contribution in [-0.2, 0) is 4.74 Å². The number of anilines is 1. The van der Waals surface area contributed by atoms with E-state index in [2.05, 4.69) is 10.3 Å². The smallest absolute Gasteiger partial charge is 0.254 e. The number of carbonyl (C=O) groups is 1. The first-order valence-corrected chi connectivity index (χ1v) is 7.64. The molecule has 1 fully saturated rings. The second kappa shape index (κ2) is 7.41. The first-order chi connectivity index (χ1) is 10.1. The van der Waals surface area contributed by atoms with Crippen molar-refractivity contribution in [3.63, 3.8) is 0 Å². The monoisotopic (exact) mass is 291 g/mol. The molecule has 5 nitrogen and oxygen atoms in total. The van der Waals surface area contributed by atoms with E-state index in [-0.39, 0.29) is 5.91 Å². The number of rotatable bonds is 5. The molecule has 0 aromatic carbocycles. The van der Waals surface area contributed by atoms with E-state index < -0.39 is 0 Å². The highest BCUT2D eigenvalue weighted by Crippen LogP contribution is 2.20. The Kier molecular flexibility index (Phi) is 5.56. The minimum atomic E-state index is 0.107. The molecule has 0 bridgehead atoms. The molecule has 1 aromatic heterocycles. The van der Waals surface area contributed by atoms with Crippen molar-refractivity contribution in [2.24, 2.45) is 5.92 Å². The molecule has 1 N–H and O–H groups in total. The van der Waals surface area contributed by atoms with Crippen LogP contribution in [0.2, 0.25) is 0 Å². The van der Waals surface area contributed by atoms with E-state index >= 15 is 0 Å². The summed E-state index contributed by atoms with van der Waals surface area (Å²) in [4.78, 5) is 18.9. The van der Waals surface area contributed by atoms with Gasteiger partial charge < -0.3 is 15.0 Å². The van der Waals surface area contributed by atoms with Gasteiger partial charge in [-0.05, 0) is 44.7 Å². The number of methoxy groups -OCH3 is 1. The van der Waals surface area contributed by atoms with Gasteiger partial charge in [0.2, 0.25) is 0 Å². The van der Waals surface area contributed by atoms with Gasteiger partial charge in [0.05, 0.1) is 0 Å². The van der Waals surface area contributed by atoms with Crippen molar-refractivity contribution in [1.29, 1.82) is 0 Å². The summed E-state index contributed by atoms with van der Waals surface area (Å²) in [5.74, 6) is 1.46. The van der Waals surface area contributed by atoms with E-state index in [1.165, 1.54) is 0 Å². The average Bonchev–Trinajstić information content (AvgIpc) is 2.47. The molecule has 0 unspecified atom stereocenters. The molecule has 0 radical (unpaired) electrons. The maximum absolute atomic E-state index is 12.6. The second-order valence-corrected chi connectivity index (χ2v) is 5.60. The Balaban J connectivity index is 2.03. The molecule has 1 amide bonds. The largest absolute Gasteiger partial charge is 0.384 e. The van der Waals surface area contributed by atoms with Crippen LogP contribution in [0, 0.1) is 12.8 Å². The van der Waals surface area contributed by atoms with Crippen molar-refractivity contribution in [1.82, 2.24) is 9.88 Å². The normalized spacial score (nSPS) is 16.0. The molecule has 0 spiro atoms. The van der Waals surface area contributed by atoms with Crippen LogP contribution in [0.3, 0.4) is 0 Å². The molecule has 21 heavy (non-hydrogen) atoms. The van der Waals surface area contributed by atoms with Crippen molar-refractivity contribution in [3.8, 4) is 0 Å². The van der Waals surface area contributed by atoms with Crippen LogP contribution in [0.1, 0.15) is 35.8 Å². The van der Waals surface area contributed by atoms with Gasteiger partial charge in [0.25, 0.3) is 5.91 Å². The summed E-state index contributed by atoms with van der Waals surface area (Å²) in [7, 11) is 1.74. The zero-order chi connectivity index (χ0) is 15.2. The Morgan fingerprint density at radius 1 is 1.43 bits per heavy atom. The van der Waals surface area contributed by atoms with Gasteiger partial charge in [-0.2, -0.15) is 0 Å². The fourth-order valence-electron chi connectivity index (χ4n) is 2.78. The zero-order valence-electron chi connectivity index (χ0n) is 13.2. The van der Waals surface area contributed by atoms with Crippen molar-refractivity contribution in [2.45, 2.75) is 26.7 Å². The first-order valence-electron chi connectivity index (χ1n) is 7.64. The number of aryl methyl sites for hydroxylation is 1. The number of pyridine rings is 1. The predicted octanol–water partition coefficient (Wildman–Crippen LogP) is 2.32. The fraction of sp³-hybridized carbons (Fsp3) is 0.625. The van der Waals surface area contributed by atoms with Crippen LogP contribution >= 0.6 is 0 Å². The topological polar surface area (TPSA) is 54.5 Å². The molecule has 2 rings (SSSR count). The number of hydrogen-bond donors (Lipinski definition) is 1. The van der Waals surface area contributed by atoms with Crippen LogP contribution in [0.15, 0.2) is 12.1 Å². The minimum absolute atomic E-state index is 0.107. The van der Waals surface area contributed by atoms with Gasteiger partial charge in [0.15, 0.2) is 0 Å². The molecule has 5 heteroatoms. The molecule has 1 aliphatic heterocycles. The van der Waals surface area contributed by atoms with Crippen molar-refractivity contribution in [2.75, 3.05) is 38.7 Å². The van der Waals surface area contributed by atoms with Crippen LogP contribution < -0.4 is 5.32 Å². The summed E-state index contributed by atoms with van der Waals surface area (Å²) >= 11 is 0. The highest BCUT2D eigenvalue weighted by atomic mass is 16.5. The lowest BCUT2D eigenvalue weighted by molar-refractivity contribution is 0.0613. The Morgan fingerprint density at radius 2 is 2.14 bits per heavy atom. The summed E-state index contributed by atoms with van der Waals surface area (Å²) < 4.78 is 5.20. The lowest BCUT2D eigenvalue weighted by Gasteiger charge is -2.31. The highest BCUT2D eigenvalue weighted by Gasteiger charge is 2.24. The predicted molar refractivity (Wildman–Crippen MR) is 83.6 cm³/mol. The van der Waals surface area contributed by atoms with E-state index in [1.54, 1.807) is 7.11 Å². The number of nitrogens with zero attached hydrogens (tertiary/aromatic N) is 2. The number of carbonyl (C=O) groups excluding carboxylic acids is 1. The van der Waals surface area contributed by atoms with Gasteiger partial charge in [-0.3, -0.25) is 4.79 Å². The Labute approximate surface area is 126 Å². The van der Waals surface area contributed by atoms with Crippen LogP contribution in [-0.4, -0.2) is 49.1 Å². The van der Waals surface area contributed by atoms with Gasteiger partial charge in [0.1, 0.15) is 5.82 Å². The van der Waals surface area contributed by atoms with Crippen LogP contribution in [0.25, 0.3) is 0 Å². The number of hydrogen-bond acceptors (Lipinski definition) is 4. The van der Waals surface area contributed by atoms with Gasteiger partial charge in [-0.1, -0.05) is 0 Å². The lowest BCUT2D eigenvalue weighted by Crippen LogP contribution is -2.39. The molecule has 1 saturated heterocycles. The maximum atomic E-state index is 12.6. The third-order valence-electron chi connectivity index (χ3n) is 3.86. The van der Waals surface area contributed by atoms with Crippen molar-refractivity contribution < 1.29 is 9.53 Å². The summed E-state index contributed by atoms with van der Waals surface area (Å²) in [6, 6.07) is 3.71. The Morgan fingerprint density at radius 3 is 2.76 bits per heavy atom. The van der Waals surface area contributed by atoms with Gasteiger partial charge in [-0.25, -0.2) is 4.98 Å². The van der Waals surface area contributed by atoms with Crippen molar-refractivity contribution >= 4 is 11.7 Å². The van der Waals surface area contributed by atoms with E-state index in [4.69, 9.17) is 4.74 Å². The molecule has 0 aliphatic carbocycles. The summed E-state index contributed by atoms with van der Waals surface area (Å²) in [6.45, 7) is 7.15. The Bertz CT molecular complexity index is 482. The zero-order valence-corrected chi connectivity index (χ0v) is 13.2. The number of amides is 1. The third-order valence-corrected chi connectivity index (χ3v) is 3.86. The molecular weight excluding hydrogens is 266 g/mol. The lowest BCUT2D eigenvalue weighted by atomic mass is 9.97. The first kappa shape index (κ1) is 15.8. The second-order valence-electron chi connectivity index (χ2n) is 5.60. The molecular formula is C16H25N3O2. The van der Waals surface area contributed by atoms with E-state index in [1.807, 2.05) is 30.9 Å². The van der Waals surface area contributed by atoms with Gasteiger partial charge in [0, 0.05) is 44.6 Å². The number of aromatic nitrogens is 1. The van der Waals surface area contributed by atoms with E-state index in [0.717, 1.165) is 56.2 Å². The molecule has 2 heterocycles. The molecule has 116 valence electrons. The van der Waals surface area contributed by atoms with E-state index in [9.17, 15) is 4.79 Å². The molecule has 0 saturated carbocycles. The van der Waals surface area contributed by atoms with Gasteiger partial charge in [-0.15, -0.1) is 0 Å². The quantitative estimate of drug-likeness (QED) is 0.904. The summed E-state index contributed by atoms with van der Waals surface area (Å²) in [5, 5.41) is 3.17. The average molecular weight is 291 g/mol. The molecule has 1 aromatic rings. The van der Waals surface area contributed by atoms with Crippen molar-refractivity contribution in [3.05, 3.63) is 23.4 Å². The highest BCUT2D eigenvalue weighted by molar-refractivity contribution is 5.95. The van der Waals surface area contributed by atoms with E-state index in [0.29, 0.717) is 5.92 Å². The maximum Gasteiger partial charge on any atom is 0.254 e. The third kappa shape index (κ3) is 4.17. The number of likely N-dealkylation sites (tertiary alicyclic amines) is 1. The SMILES string of the molecule is CCNc1cc(C(=O)N2CCC(COC)CC2)cc(C)n1. The van der Waals surface area contributed by atoms with Gasteiger partial charge >= 0.3 is 0 Å². The molecule has 1 aliphatic rings. The standard InChI is InChI=1S/C16H25N3O2/c1-4-17-15-10-14(9-12(2)18-15)16(20)19-7-5-13(6-8-19)11-21-3/h9-10,13H,4-8,11H2,1-3H3,(H,17,18). The fourth-order valence-corrected chi connectivity index (χ4v) is 2.78. The Hall–Kier alpha value is -1.62. The summed E-state index contributed by atoms with van der Waals surface area (Å²) in [5.41, 5.74) is 1.59. The minimum Gasteiger partial charge on any atom is -0.384 e. The number of nitrogens with one attached hydrogen (secondary N) is 1. The van der Waals surface area contributed by atoms with Crippen LogP contribution in [0.4, 0.5) is 5.82 Å². The molecule has 0 atom stereocenters. The number of piperidine rings is 1. The van der Waals surface area contributed by atoms with Crippen LogP contribution in [0.5, 0.6) is 0 Å².